The standard InChI is InChI=1S/C13H19ClN2O3S/c1-16(9-10-5-3-4-6-11(10)14)13(17)12(15)7-8-20(2,18)19/h3-6,12H,7-9,15H2,1-2H3. The van der Waals surface area contributed by atoms with Gasteiger partial charge in [-0.15, -0.1) is 0 Å². The zero-order valence-corrected chi connectivity index (χ0v) is 13.1. The van der Waals surface area contributed by atoms with Gasteiger partial charge in [0.2, 0.25) is 5.91 Å². The average Bonchev–Trinajstić information content (AvgIpc) is 2.36. The summed E-state index contributed by atoms with van der Waals surface area (Å²) in [6.07, 6.45) is 1.24. The van der Waals surface area contributed by atoms with E-state index in [-0.39, 0.29) is 18.1 Å². The van der Waals surface area contributed by atoms with E-state index in [2.05, 4.69) is 0 Å². The van der Waals surface area contributed by atoms with Gasteiger partial charge in [-0.1, -0.05) is 29.8 Å². The molecule has 1 amide bonds. The minimum atomic E-state index is -3.12. The lowest BCUT2D eigenvalue weighted by Crippen LogP contribution is -2.42. The highest BCUT2D eigenvalue weighted by Gasteiger charge is 2.20. The molecule has 1 atom stereocenters. The summed E-state index contributed by atoms with van der Waals surface area (Å²) in [6.45, 7) is 0.338. The van der Waals surface area contributed by atoms with Crippen LogP contribution >= 0.6 is 11.6 Å². The van der Waals surface area contributed by atoms with Crippen LogP contribution < -0.4 is 5.73 Å². The van der Waals surface area contributed by atoms with Gasteiger partial charge in [0.25, 0.3) is 0 Å². The summed E-state index contributed by atoms with van der Waals surface area (Å²) in [5.41, 5.74) is 6.55. The van der Waals surface area contributed by atoms with Gasteiger partial charge in [-0.3, -0.25) is 4.79 Å². The molecular weight excluding hydrogens is 300 g/mol. The van der Waals surface area contributed by atoms with E-state index in [9.17, 15) is 13.2 Å². The van der Waals surface area contributed by atoms with E-state index in [0.717, 1.165) is 11.8 Å². The van der Waals surface area contributed by atoms with E-state index in [1.54, 1.807) is 13.1 Å². The molecule has 112 valence electrons. The second kappa shape index (κ2) is 7.06. The van der Waals surface area contributed by atoms with Gasteiger partial charge in [0.15, 0.2) is 0 Å². The number of benzene rings is 1. The molecule has 0 aliphatic heterocycles. The zero-order valence-electron chi connectivity index (χ0n) is 11.5. The van der Waals surface area contributed by atoms with E-state index in [4.69, 9.17) is 17.3 Å². The molecule has 0 aliphatic carbocycles. The Labute approximate surface area is 124 Å². The predicted octanol–water partition coefficient (Wildman–Crippen LogP) is 1.06. The maximum atomic E-state index is 12.0. The second-order valence-electron chi connectivity index (χ2n) is 4.81. The topological polar surface area (TPSA) is 80.5 Å². The molecule has 0 saturated carbocycles. The van der Waals surface area contributed by atoms with Crippen molar-refractivity contribution in [1.82, 2.24) is 4.90 Å². The third-order valence-corrected chi connectivity index (χ3v) is 4.20. The Kier molecular flexibility index (Phi) is 5.98. The van der Waals surface area contributed by atoms with Gasteiger partial charge in [0, 0.05) is 24.9 Å². The van der Waals surface area contributed by atoms with E-state index in [1.165, 1.54) is 4.90 Å². The Hall–Kier alpha value is -1.11. The molecule has 5 nitrogen and oxygen atoms in total. The minimum absolute atomic E-state index is 0.0974. The van der Waals surface area contributed by atoms with Crippen LogP contribution in [0.1, 0.15) is 12.0 Å². The van der Waals surface area contributed by atoms with Crippen molar-refractivity contribution in [3.05, 3.63) is 34.9 Å². The number of amides is 1. The van der Waals surface area contributed by atoms with Crippen molar-refractivity contribution in [2.75, 3.05) is 19.1 Å². The summed E-state index contributed by atoms with van der Waals surface area (Å²) in [4.78, 5) is 13.5. The Morgan fingerprint density at radius 2 is 2.00 bits per heavy atom. The van der Waals surface area contributed by atoms with E-state index >= 15 is 0 Å². The summed E-state index contributed by atoms with van der Waals surface area (Å²) in [6, 6.07) is 6.40. The second-order valence-corrected chi connectivity index (χ2v) is 7.48. The van der Waals surface area contributed by atoms with Crippen LogP contribution in [0, 0.1) is 0 Å². The number of hydrogen-bond acceptors (Lipinski definition) is 4. The number of sulfone groups is 1. The molecule has 0 heterocycles. The number of nitrogens with zero attached hydrogens (tertiary/aromatic N) is 1. The molecule has 0 bridgehead atoms. The maximum Gasteiger partial charge on any atom is 0.239 e. The van der Waals surface area contributed by atoms with Crippen LogP contribution in [0.3, 0.4) is 0 Å². The fourth-order valence-electron chi connectivity index (χ4n) is 1.71. The highest BCUT2D eigenvalue weighted by Crippen LogP contribution is 2.16. The smallest absolute Gasteiger partial charge is 0.239 e. The number of nitrogens with two attached hydrogens (primary N) is 1. The third-order valence-electron chi connectivity index (χ3n) is 2.86. The minimum Gasteiger partial charge on any atom is -0.340 e. The van der Waals surface area contributed by atoms with Crippen molar-refractivity contribution in [3.8, 4) is 0 Å². The Balaban J connectivity index is 2.61. The average molecular weight is 319 g/mol. The fourth-order valence-corrected chi connectivity index (χ4v) is 2.59. The van der Waals surface area contributed by atoms with Crippen molar-refractivity contribution in [1.29, 1.82) is 0 Å². The molecule has 7 heteroatoms. The zero-order chi connectivity index (χ0) is 15.3. The monoisotopic (exact) mass is 318 g/mol. The predicted molar refractivity (Wildman–Crippen MR) is 80.2 cm³/mol. The van der Waals surface area contributed by atoms with Crippen LogP contribution in [0.25, 0.3) is 0 Å². The van der Waals surface area contributed by atoms with Crippen LogP contribution in [0.15, 0.2) is 24.3 Å². The number of likely N-dealkylation sites (N-methyl/N-ethyl adjacent to an activating group) is 1. The normalized spacial score (nSPS) is 13.0. The van der Waals surface area contributed by atoms with Crippen LogP contribution in [0.2, 0.25) is 5.02 Å². The van der Waals surface area contributed by atoms with Gasteiger partial charge in [0.05, 0.1) is 11.8 Å². The number of rotatable bonds is 6. The number of carbonyl (C=O) groups excluding carboxylic acids is 1. The van der Waals surface area contributed by atoms with Crippen LogP contribution in [0.5, 0.6) is 0 Å². The van der Waals surface area contributed by atoms with Crippen LogP contribution in [-0.2, 0) is 21.2 Å². The van der Waals surface area contributed by atoms with Gasteiger partial charge >= 0.3 is 0 Å². The van der Waals surface area contributed by atoms with Crippen LogP contribution in [-0.4, -0.2) is 44.3 Å². The Bertz CT molecular complexity index is 575. The molecule has 0 radical (unpaired) electrons. The van der Waals surface area contributed by atoms with E-state index < -0.39 is 15.9 Å². The van der Waals surface area contributed by atoms with Crippen molar-refractivity contribution >= 4 is 27.3 Å². The molecule has 1 aromatic rings. The van der Waals surface area contributed by atoms with Gasteiger partial charge < -0.3 is 10.6 Å². The molecule has 0 aliphatic rings. The van der Waals surface area contributed by atoms with Gasteiger partial charge in [-0.2, -0.15) is 0 Å². The number of carbonyl (C=O) groups is 1. The lowest BCUT2D eigenvalue weighted by molar-refractivity contribution is -0.131. The molecule has 1 rings (SSSR count). The van der Waals surface area contributed by atoms with Crippen molar-refractivity contribution in [2.24, 2.45) is 5.73 Å². The molecular formula is C13H19ClN2O3S. The number of hydrogen-bond donors (Lipinski definition) is 1. The molecule has 0 fully saturated rings. The van der Waals surface area contributed by atoms with Gasteiger partial charge in [-0.05, 0) is 18.1 Å². The Morgan fingerprint density at radius 3 is 2.55 bits per heavy atom. The SMILES string of the molecule is CN(Cc1ccccc1Cl)C(=O)C(N)CCS(C)(=O)=O. The van der Waals surface area contributed by atoms with Crippen molar-refractivity contribution in [3.63, 3.8) is 0 Å². The summed E-state index contributed by atoms with van der Waals surface area (Å²) in [5.74, 6) is -0.395. The van der Waals surface area contributed by atoms with Gasteiger partial charge in [-0.25, -0.2) is 8.42 Å². The first-order valence-corrected chi connectivity index (χ1v) is 8.56. The molecule has 1 aromatic carbocycles. The van der Waals surface area contributed by atoms with E-state index in [0.29, 0.717) is 11.6 Å². The summed E-state index contributed by atoms with van der Waals surface area (Å²) >= 11 is 6.03. The van der Waals surface area contributed by atoms with Crippen molar-refractivity contribution in [2.45, 2.75) is 19.0 Å². The van der Waals surface area contributed by atoms with Gasteiger partial charge in [0.1, 0.15) is 9.84 Å². The quantitative estimate of drug-likeness (QED) is 0.850. The largest absolute Gasteiger partial charge is 0.340 e. The lowest BCUT2D eigenvalue weighted by Gasteiger charge is -2.21. The fraction of sp³-hybridized carbons (Fsp3) is 0.462. The maximum absolute atomic E-state index is 12.0. The number of halogens is 1. The van der Waals surface area contributed by atoms with Crippen molar-refractivity contribution < 1.29 is 13.2 Å². The summed E-state index contributed by atoms with van der Waals surface area (Å²) in [7, 11) is -1.50. The Morgan fingerprint density at radius 1 is 1.40 bits per heavy atom. The summed E-state index contributed by atoms with van der Waals surface area (Å²) < 4.78 is 22.1. The summed E-state index contributed by atoms with van der Waals surface area (Å²) in [5, 5.41) is 0.580. The molecule has 0 saturated heterocycles. The molecule has 1 unspecified atom stereocenters. The first-order chi connectivity index (χ1) is 9.20. The molecule has 0 spiro atoms. The molecule has 20 heavy (non-hydrogen) atoms. The first kappa shape index (κ1) is 16.9. The van der Waals surface area contributed by atoms with E-state index in [1.807, 2.05) is 18.2 Å². The van der Waals surface area contributed by atoms with Crippen LogP contribution in [0.4, 0.5) is 0 Å². The highest BCUT2D eigenvalue weighted by molar-refractivity contribution is 7.90. The lowest BCUT2D eigenvalue weighted by atomic mass is 10.2. The highest BCUT2D eigenvalue weighted by atomic mass is 35.5. The molecule has 2 N–H and O–H groups in total. The molecule has 0 aromatic heterocycles. The third kappa shape index (κ3) is 5.48. The first-order valence-electron chi connectivity index (χ1n) is 6.12.